The van der Waals surface area contributed by atoms with Crippen LogP contribution in [0.25, 0.3) is 0 Å². The van der Waals surface area contributed by atoms with Crippen molar-refractivity contribution in [3.63, 3.8) is 0 Å². The van der Waals surface area contributed by atoms with Gasteiger partial charge in [0.05, 0.1) is 23.9 Å². The van der Waals surface area contributed by atoms with Crippen LogP contribution in [0.5, 0.6) is 0 Å². The SMILES string of the molecule is CCC(CC)n1ncc(C(=O)NCCC(O)c2ccccc2)c1C. The van der Waals surface area contributed by atoms with E-state index in [1.807, 2.05) is 41.9 Å². The maximum absolute atomic E-state index is 12.4. The summed E-state index contributed by atoms with van der Waals surface area (Å²) in [6.45, 7) is 6.60. The summed E-state index contributed by atoms with van der Waals surface area (Å²) in [6, 6.07) is 9.80. The molecule has 2 N–H and O–H groups in total. The minimum Gasteiger partial charge on any atom is -0.388 e. The lowest BCUT2D eigenvalue weighted by molar-refractivity contribution is 0.0942. The largest absolute Gasteiger partial charge is 0.388 e. The summed E-state index contributed by atoms with van der Waals surface area (Å²) in [5.74, 6) is -0.134. The van der Waals surface area contributed by atoms with Crippen LogP contribution < -0.4 is 5.32 Å². The monoisotopic (exact) mass is 329 g/mol. The van der Waals surface area contributed by atoms with Crippen LogP contribution in [0.4, 0.5) is 0 Å². The van der Waals surface area contributed by atoms with Crippen LogP contribution >= 0.6 is 0 Å². The number of nitrogens with one attached hydrogen (secondary N) is 1. The van der Waals surface area contributed by atoms with Gasteiger partial charge in [0, 0.05) is 12.2 Å². The first-order valence-electron chi connectivity index (χ1n) is 8.63. The molecule has 5 nitrogen and oxygen atoms in total. The molecule has 2 rings (SSSR count). The Morgan fingerprint density at radius 2 is 1.92 bits per heavy atom. The Labute approximate surface area is 143 Å². The standard InChI is InChI=1S/C19H27N3O2/c1-4-16(5-2)22-14(3)17(13-21-22)19(24)20-12-11-18(23)15-9-7-6-8-10-15/h6-10,13,16,18,23H,4-5,11-12H2,1-3H3,(H,20,24). The lowest BCUT2D eigenvalue weighted by Gasteiger charge is -2.15. The molecule has 5 heteroatoms. The van der Waals surface area contributed by atoms with E-state index in [1.54, 1.807) is 6.20 Å². The molecule has 0 bridgehead atoms. The summed E-state index contributed by atoms with van der Waals surface area (Å²) in [7, 11) is 0. The maximum atomic E-state index is 12.4. The lowest BCUT2D eigenvalue weighted by Crippen LogP contribution is -2.26. The van der Waals surface area contributed by atoms with Crippen molar-refractivity contribution in [3.8, 4) is 0 Å². The Kier molecular flexibility index (Phi) is 6.55. The number of benzene rings is 1. The number of aromatic nitrogens is 2. The van der Waals surface area contributed by atoms with Gasteiger partial charge in [-0.2, -0.15) is 5.10 Å². The Hall–Kier alpha value is -2.14. The van der Waals surface area contributed by atoms with Gasteiger partial charge in [-0.15, -0.1) is 0 Å². The van der Waals surface area contributed by atoms with Gasteiger partial charge in [0.1, 0.15) is 0 Å². The van der Waals surface area contributed by atoms with Crippen LogP contribution in [0.15, 0.2) is 36.5 Å². The number of aliphatic hydroxyl groups excluding tert-OH is 1. The number of hydrogen-bond donors (Lipinski definition) is 2. The number of nitrogens with zero attached hydrogens (tertiary/aromatic N) is 2. The molecule has 0 spiro atoms. The Morgan fingerprint density at radius 3 is 2.54 bits per heavy atom. The summed E-state index contributed by atoms with van der Waals surface area (Å²) in [5, 5.41) is 17.4. The summed E-state index contributed by atoms with van der Waals surface area (Å²) >= 11 is 0. The highest BCUT2D eigenvalue weighted by atomic mass is 16.3. The number of carbonyl (C=O) groups is 1. The van der Waals surface area contributed by atoms with Crippen molar-refractivity contribution in [2.24, 2.45) is 0 Å². The van der Waals surface area contributed by atoms with Crippen molar-refractivity contribution in [2.75, 3.05) is 6.54 Å². The summed E-state index contributed by atoms with van der Waals surface area (Å²) in [5.41, 5.74) is 2.37. The van der Waals surface area contributed by atoms with Crippen LogP contribution in [0.2, 0.25) is 0 Å². The molecule has 0 fully saturated rings. The van der Waals surface area contributed by atoms with E-state index in [9.17, 15) is 9.90 Å². The molecule has 0 saturated carbocycles. The van der Waals surface area contributed by atoms with Crippen molar-refractivity contribution >= 4 is 5.91 Å². The third-order valence-electron chi connectivity index (χ3n) is 4.47. The second-order valence-electron chi connectivity index (χ2n) is 6.03. The van der Waals surface area contributed by atoms with Crippen LogP contribution in [-0.2, 0) is 0 Å². The second kappa shape index (κ2) is 8.64. The Balaban J connectivity index is 1.91. The van der Waals surface area contributed by atoms with Crippen molar-refractivity contribution in [2.45, 2.75) is 52.2 Å². The van der Waals surface area contributed by atoms with E-state index in [4.69, 9.17) is 0 Å². The number of amides is 1. The number of hydrogen-bond acceptors (Lipinski definition) is 3. The highest BCUT2D eigenvalue weighted by molar-refractivity contribution is 5.95. The molecule has 2 aromatic rings. The van der Waals surface area contributed by atoms with Crippen molar-refractivity contribution < 1.29 is 9.90 Å². The maximum Gasteiger partial charge on any atom is 0.254 e. The molecule has 1 aromatic heterocycles. The molecule has 0 radical (unpaired) electrons. The molecule has 1 unspecified atom stereocenters. The topological polar surface area (TPSA) is 67.2 Å². The molecule has 1 heterocycles. The first-order chi connectivity index (χ1) is 11.6. The van der Waals surface area contributed by atoms with E-state index < -0.39 is 6.10 Å². The quantitative estimate of drug-likeness (QED) is 0.780. The van der Waals surface area contributed by atoms with Crippen LogP contribution in [0, 0.1) is 6.92 Å². The molecule has 1 atom stereocenters. The summed E-state index contributed by atoms with van der Waals surface area (Å²) < 4.78 is 1.94. The average molecular weight is 329 g/mol. The fourth-order valence-electron chi connectivity index (χ4n) is 2.91. The van der Waals surface area contributed by atoms with E-state index in [0.717, 1.165) is 24.1 Å². The highest BCUT2D eigenvalue weighted by Gasteiger charge is 2.18. The van der Waals surface area contributed by atoms with E-state index in [2.05, 4.69) is 24.3 Å². The molecule has 130 valence electrons. The molecule has 0 aliphatic heterocycles. The average Bonchev–Trinajstić information content (AvgIpc) is 2.98. The molecular formula is C19H27N3O2. The van der Waals surface area contributed by atoms with Crippen molar-refractivity contribution in [1.82, 2.24) is 15.1 Å². The molecular weight excluding hydrogens is 302 g/mol. The predicted molar refractivity (Wildman–Crippen MR) is 94.9 cm³/mol. The smallest absolute Gasteiger partial charge is 0.254 e. The van der Waals surface area contributed by atoms with Crippen LogP contribution in [-0.4, -0.2) is 27.3 Å². The van der Waals surface area contributed by atoms with Gasteiger partial charge in [0.15, 0.2) is 0 Å². The van der Waals surface area contributed by atoms with Gasteiger partial charge in [-0.1, -0.05) is 44.2 Å². The predicted octanol–water partition coefficient (Wildman–Crippen LogP) is 3.41. The molecule has 1 aromatic carbocycles. The van der Waals surface area contributed by atoms with Gasteiger partial charge in [-0.3, -0.25) is 9.48 Å². The van der Waals surface area contributed by atoms with Gasteiger partial charge in [0.25, 0.3) is 5.91 Å². The van der Waals surface area contributed by atoms with Gasteiger partial charge in [0.2, 0.25) is 0 Å². The molecule has 0 saturated heterocycles. The van der Waals surface area contributed by atoms with Gasteiger partial charge < -0.3 is 10.4 Å². The van der Waals surface area contributed by atoms with Crippen LogP contribution in [0.3, 0.4) is 0 Å². The summed E-state index contributed by atoms with van der Waals surface area (Å²) in [4.78, 5) is 12.4. The van der Waals surface area contributed by atoms with E-state index in [-0.39, 0.29) is 5.91 Å². The zero-order chi connectivity index (χ0) is 17.5. The third kappa shape index (κ3) is 4.23. The zero-order valence-electron chi connectivity index (χ0n) is 14.7. The number of aliphatic hydroxyl groups is 1. The molecule has 1 amide bonds. The number of rotatable bonds is 8. The van der Waals surface area contributed by atoms with Crippen LogP contribution in [0.1, 0.15) is 66.9 Å². The fourth-order valence-corrected chi connectivity index (χ4v) is 2.91. The van der Waals surface area contributed by atoms with E-state index in [1.165, 1.54) is 0 Å². The molecule has 0 aliphatic carbocycles. The van der Waals surface area contributed by atoms with E-state index in [0.29, 0.717) is 24.6 Å². The normalized spacial score (nSPS) is 12.4. The number of carbonyl (C=O) groups excluding carboxylic acids is 1. The first-order valence-corrected chi connectivity index (χ1v) is 8.63. The first kappa shape index (κ1) is 18.2. The zero-order valence-corrected chi connectivity index (χ0v) is 14.7. The third-order valence-corrected chi connectivity index (χ3v) is 4.47. The van der Waals surface area contributed by atoms with Gasteiger partial charge in [-0.25, -0.2) is 0 Å². The Bertz CT molecular complexity index is 648. The highest BCUT2D eigenvalue weighted by Crippen LogP contribution is 2.19. The summed E-state index contributed by atoms with van der Waals surface area (Å²) in [6.07, 6.45) is 3.53. The minimum atomic E-state index is -0.570. The van der Waals surface area contributed by atoms with Crippen molar-refractivity contribution in [1.29, 1.82) is 0 Å². The van der Waals surface area contributed by atoms with Crippen molar-refractivity contribution in [3.05, 3.63) is 53.3 Å². The molecule has 0 aliphatic rings. The van der Waals surface area contributed by atoms with Gasteiger partial charge >= 0.3 is 0 Å². The molecule has 24 heavy (non-hydrogen) atoms. The second-order valence-corrected chi connectivity index (χ2v) is 6.03. The minimum absolute atomic E-state index is 0.134. The fraction of sp³-hybridized carbons (Fsp3) is 0.474. The Morgan fingerprint density at radius 1 is 1.25 bits per heavy atom. The van der Waals surface area contributed by atoms with E-state index >= 15 is 0 Å². The lowest BCUT2D eigenvalue weighted by atomic mass is 10.1. The van der Waals surface area contributed by atoms with Gasteiger partial charge in [-0.05, 0) is 31.7 Å².